The highest BCUT2D eigenvalue weighted by Gasteiger charge is 2.29. The van der Waals surface area contributed by atoms with Crippen LogP contribution < -0.4 is 5.32 Å². The quantitative estimate of drug-likeness (QED) is 0.179. The third-order valence-corrected chi connectivity index (χ3v) is 14.3. The van der Waals surface area contributed by atoms with E-state index >= 15 is 0 Å². The number of aliphatic imine (C=N–C) groups is 2. The zero-order valence-electron chi connectivity index (χ0n) is 36.0. The molecular weight excluding hydrogens is 803 g/mol. The van der Waals surface area contributed by atoms with Gasteiger partial charge in [0.15, 0.2) is 6.17 Å². The Morgan fingerprint density at radius 1 is 0.409 bits per heavy atom. The molecule has 0 spiro atoms. The Bertz CT molecular complexity index is 4060. The van der Waals surface area contributed by atoms with Gasteiger partial charge in [-0.3, -0.25) is 0 Å². The SMILES string of the molecule is c1ccc2c(c1)-c1cc3ccccc3cc1CCC2c1cc(C2=NC(c3ccc4c(ccc5ccccc54)c3)N=C(c3ccc4c(ccc5ccccc54)c3)N2)cc2c1oc1ccccc12. The molecule has 11 aromatic carbocycles. The topological polar surface area (TPSA) is 49.9 Å². The van der Waals surface area contributed by atoms with Gasteiger partial charge in [-0.15, -0.1) is 0 Å². The molecule has 310 valence electrons. The summed E-state index contributed by atoms with van der Waals surface area (Å²) in [6, 6.07) is 75.1. The van der Waals surface area contributed by atoms with Gasteiger partial charge in [-0.25, -0.2) is 9.98 Å². The molecule has 14 rings (SSSR count). The van der Waals surface area contributed by atoms with Crippen LogP contribution in [0.25, 0.3) is 86.9 Å². The van der Waals surface area contributed by atoms with Crippen molar-refractivity contribution < 1.29 is 4.42 Å². The van der Waals surface area contributed by atoms with E-state index < -0.39 is 6.17 Å². The lowest BCUT2D eigenvalue weighted by atomic mass is 9.84. The van der Waals surface area contributed by atoms with Gasteiger partial charge in [0.25, 0.3) is 0 Å². The first-order valence-electron chi connectivity index (χ1n) is 23.0. The summed E-state index contributed by atoms with van der Waals surface area (Å²) < 4.78 is 6.91. The maximum atomic E-state index is 6.91. The highest BCUT2D eigenvalue weighted by Crippen LogP contribution is 2.46. The molecule has 12 aromatic rings. The van der Waals surface area contributed by atoms with Crippen molar-refractivity contribution in [3.05, 3.63) is 240 Å². The van der Waals surface area contributed by atoms with Crippen LogP contribution in [0, 0.1) is 0 Å². The molecule has 0 saturated heterocycles. The number of fused-ring (bicyclic) bond motifs is 13. The molecule has 2 atom stereocenters. The second kappa shape index (κ2) is 14.6. The summed E-state index contributed by atoms with van der Waals surface area (Å²) in [5.74, 6) is 1.64. The smallest absolute Gasteiger partial charge is 0.169 e. The van der Waals surface area contributed by atoms with Gasteiger partial charge in [0, 0.05) is 33.4 Å². The Balaban J connectivity index is 0.960. The van der Waals surface area contributed by atoms with E-state index in [2.05, 4.69) is 212 Å². The summed E-state index contributed by atoms with van der Waals surface area (Å²) in [7, 11) is 0. The van der Waals surface area contributed by atoms with E-state index in [0.29, 0.717) is 0 Å². The first-order valence-corrected chi connectivity index (χ1v) is 23.0. The summed E-state index contributed by atoms with van der Waals surface area (Å²) in [5.41, 5.74) is 11.3. The van der Waals surface area contributed by atoms with Crippen LogP contribution in [0.15, 0.2) is 221 Å². The molecule has 4 heteroatoms. The molecule has 0 radical (unpaired) electrons. The van der Waals surface area contributed by atoms with Crippen molar-refractivity contribution in [3.63, 3.8) is 0 Å². The third-order valence-electron chi connectivity index (χ3n) is 14.3. The van der Waals surface area contributed by atoms with Gasteiger partial charge >= 0.3 is 0 Å². The number of aryl methyl sites for hydroxylation is 1. The van der Waals surface area contributed by atoms with Crippen molar-refractivity contribution >= 4 is 87.5 Å². The molecule has 0 amide bonds. The molecule has 66 heavy (non-hydrogen) atoms. The number of rotatable bonds is 4. The molecule has 0 saturated carbocycles. The van der Waals surface area contributed by atoms with Crippen LogP contribution >= 0.6 is 0 Å². The van der Waals surface area contributed by atoms with Crippen LogP contribution in [0.4, 0.5) is 0 Å². The van der Waals surface area contributed by atoms with Crippen LogP contribution in [-0.4, -0.2) is 11.7 Å². The maximum absolute atomic E-state index is 6.91. The minimum atomic E-state index is -0.484. The fraction of sp³-hybridized carbons (Fsp3) is 0.0645. The molecular formula is C62H41N3O. The number of hydrogen-bond donors (Lipinski definition) is 1. The predicted octanol–water partition coefficient (Wildman–Crippen LogP) is 15.6. The highest BCUT2D eigenvalue weighted by atomic mass is 16.3. The third kappa shape index (κ3) is 5.92. The first-order chi connectivity index (χ1) is 32.7. The number of nitrogens with one attached hydrogen (secondary N) is 1. The average Bonchev–Trinajstić information content (AvgIpc) is 3.69. The lowest BCUT2D eigenvalue weighted by Gasteiger charge is -2.24. The molecule has 2 aliphatic rings. The largest absolute Gasteiger partial charge is 0.456 e. The van der Waals surface area contributed by atoms with Crippen molar-refractivity contribution in [2.75, 3.05) is 0 Å². The molecule has 2 unspecified atom stereocenters. The number of nitrogens with zero attached hydrogens (tertiary/aromatic N) is 2. The molecule has 0 bridgehead atoms. The number of para-hydroxylation sites is 1. The Labute approximate surface area is 381 Å². The van der Waals surface area contributed by atoms with Crippen molar-refractivity contribution in [2.24, 2.45) is 9.98 Å². The van der Waals surface area contributed by atoms with Gasteiger partial charge in [-0.05, 0) is 131 Å². The zero-order valence-corrected chi connectivity index (χ0v) is 36.0. The minimum absolute atomic E-state index is 0.0680. The first kappa shape index (κ1) is 37.1. The molecule has 1 aliphatic carbocycles. The van der Waals surface area contributed by atoms with E-state index in [1.165, 1.54) is 81.7 Å². The number of furan rings is 1. The van der Waals surface area contributed by atoms with Crippen molar-refractivity contribution in [1.82, 2.24) is 5.32 Å². The van der Waals surface area contributed by atoms with Crippen LogP contribution in [0.2, 0.25) is 0 Å². The summed E-state index contributed by atoms with van der Waals surface area (Å²) >= 11 is 0. The molecule has 4 nitrogen and oxygen atoms in total. The van der Waals surface area contributed by atoms with E-state index in [9.17, 15) is 0 Å². The van der Waals surface area contributed by atoms with E-state index in [1.807, 2.05) is 0 Å². The van der Waals surface area contributed by atoms with Gasteiger partial charge < -0.3 is 9.73 Å². The lowest BCUT2D eigenvalue weighted by Crippen LogP contribution is -2.36. The number of hydrogen-bond acceptors (Lipinski definition) is 4. The van der Waals surface area contributed by atoms with Crippen molar-refractivity contribution in [3.8, 4) is 11.1 Å². The Morgan fingerprint density at radius 2 is 1.02 bits per heavy atom. The summed E-state index contributed by atoms with van der Waals surface area (Å²) in [5, 5.41) is 18.3. The Kier molecular flexibility index (Phi) is 8.20. The van der Waals surface area contributed by atoms with Gasteiger partial charge in [-0.2, -0.15) is 0 Å². The molecule has 1 N–H and O–H groups in total. The lowest BCUT2D eigenvalue weighted by molar-refractivity contribution is 0.647. The number of amidine groups is 2. The Hall–Kier alpha value is -8.34. The predicted molar refractivity (Wildman–Crippen MR) is 275 cm³/mol. The number of benzene rings is 11. The Morgan fingerprint density at radius 3 is 1.80 bits per heavy atom. The second-order valence-electron chi connectivity index (χ2n) is 18.0. The van der Waals surface area contributed by atoms with Crippen LogP contribution in [0.1, 0.15) is 51.9 Å². The van der Waals surface area contributed by atoms with Gasteiger partial charge in [0.05, 0.1) is 0 Å². The minimum Gasteiger partial charge on any atom is -0.456 e. The van der Waals surface area contributed by atoms with Crippen LogP contribution in [0.3, 0.4) is 0 Å². The fourth-order valence-corrected chi connectivity index (χ4v) is 11.1. The monoisotopic (exact) mass is 843 g/mol. The van der Waals surface area contributed by atoms with E-state index in [-0.39, 0.29) is 5.92 Å². The van der Waals surface area contributed by atoms with Crippen molar-refractivity contribution in [1.29, 1.82) is 0 Å². The van der Waals surface area contributed by atoms with E-state index in [4.69, 9.17) is 14.4 Å². The average molecular weight is 844 g/mol. The zero-order chi connectivity index (χ0) is 43.3. The summed E-state index contributed by atoms with van der Waals surface area (Å²) in [4.78, 5) is 11.0. The van der Waals surface area contributed by atoms with Crippen LogP contribution in [0.5, 0.6) is 0 Å². The summed E-state index contributed by atoms with van der Waals surface area (Å²) in [6.07, 6.45) is 1.39. The molecule has 1 aliphatic heterocycles. The maximum Gasteiger partial charge on any atom is 0.169 e. The van der Waals surface area contributed by atoms with Crippen molar-refractivity contribution in [2.45, 2.75) is 24.9 Å². The molecule has 1 aromatic heterocycles. The van der Waals surface area contributed by atoms with E-state index in [0.717, 1.165) is 63.1 Å². The molecule has 0 fully saturated rings. The second-order valence-corrected chi connectivity index (χ2v) is 18.0. The summed E-state index contributed by atoms with van der Waals surface area (Å²) in [6.45, 7) is 0. The van der Waals surface area contributed by atoms with Gasteiger partial charge in [0.1, 0.15) is 22.8 Å². The van der Waals surface area contributed by atoms with Gasteiger partial charge in [0.2, 0.25) is 0 Å². The van der Waals surface area contributed by atoms with E-state index in [1.54, 1.807) is 0 Å². The highest BCUT2D eigenvalue weighted by molar-refractivity contribution is 6.19. The standard InChI is InChI=1S/C62H41N3O/c1-2-14-40-34-55-43(31-39(40)13-1)25-30-53(51-17-7-8-18-52(51)55)56-35-46(36-57-54-19-9-10-20-58(54)66-59(56)57)62-64-60(44-26-28-49-41(32-44)23-21-37-11-3-5-15-47(37)49)63-61(65-62)45-27-29-50-42(33-45)24-22-38-12-4-6-16-48(38)50/h1-24,26-29,31-36,53,60H,25,30H2,(H,63,64,65). The fourth-order valence-electron chi connectivity index (χ4n) is 11.1. The van der Waals surface area contributed by atoms with Gasteiger partial charge in [-0.1, -0.05) is 170 Å². The van der Waals surface area contributed by atoms with Crippen LogP contribution in [-0.2, 0) is 6.42 Å². The molecule has 2 heterocycles. The normalized spacial score (nSPS) is 16.1.